The lowest BCUT2D eigenvalue weighted by Gasteiger charge is -2.31. The van der Waals surface area contributed by atoms with Gasteiger partial charge in [-0.15, -0.1) is 0 Å². The number of aromatic amines is 1. The molecule has 3 rings (SSSR count). The monoisotopic (exact) mass is 292 g/mol. The lowest BCUT2D eigenvalue weighted by molar-refractivity contribution is -0.0495. The van der Waals surface area contributed by atoms with Crippen molar-refractivity contribution in [1.29, 1.82) is 0 Å². The number of amides is 1. The summed E-state index contributed by atoms with van der Waals surface area (Å²) < 4.78 is 26.3. The summed E-state index contributed by atoms with van der Waals surface area (Å²) in [4.78, 5) is 17.0. The standard InChI is InChI=1S/C16H18F2N2O/c1-2-11-3-4-12-10-14(19-13(12)9-11)15(21)20-7-5-16(17,18)6-8-20/h3-4,9-10,19H,2,5-8H2,1H3. The number of hydrogen-bond acceptors (Lipinski definition) is 1. The van der Waals surface area contributed by atoms with Crippen molar-refractivity contribution in [3.8, 4) is 0 Å². The van der Waals surface area contributed by atoms with E-state index in [1.807, 2.05) is 18.2 Å². The summed E-state index contributed by atoms with van der Waals surface area (Å²) in [6.45, 7) is 2.30. The molecule has 0 spiro atoms. The Balaban J connectivity index is 1.82. The maximum Gasteiger partial charge on any atom is 0.270 e. The Labute approximate surface area is 121 Å². The van der Waals surface area contributed by atoms with Gasteiger partial charge in [0.25, 0.3) is 11.8 Å². The number of aromatic nitrogens is 1. The molecule has 0 radical (unpaired) electrons. The second-order valence-corrected chi connectivity index (χ2v) is 5.61. The quantitative estimate of drug-likeness (QED) is 0.902. The molecule has 1 aromatic carbocycles. The highest BCUT2D eigenvalue weighted by Crippen LogP contribution is 2.28. The zero-order valence-corrected chi connectivity index (χ0v) is 12.0. The summed E-state index contributed by atoms with van der Waals surface area (Å²) in [5.41, 5.74) is 2.59. The number of H-pyrrole nitrogens is 1. The normalized spacial score (nSPS) is 18.1. The van der Waals surface area contributed by atoms with Crippen LogP contribution in [0.4, 0.5) is 8.78 Å². The Morgan fingerprint density at radius 3 is 2.67 bits per heavy atom. The molecule has 3 nitrogen and oxygen atoms in total. The van der Waals surface area contributed by atoms with Gasteiger partial charge in [0.15, 0.2) is 0 Å². The van der Waals surface area contributed by atoms with Crippen molar-refractivity contribution in [3.63, 3.8) is 0 Å². The number of halogens is 2. The SMILES string of the molecule is CCc1ccc2cc(C(=O)N3CCC(F)(F)CC3)[nH]c2c1. The summed E-state index contributed by atoms with van der Waals surface area (Å²) in [6, 6.07) is 7.83. The van der Waals surface area contributed by atoms with Crippen LogP contribution in [0.2, 0.25) is 0 Å². The van der Waals surface area contributed by atoms with Crippen LogP contribution in [0.1, 0.15) is 35.8 Å². The lowest BCUT2D eigenvalue weighted by atomic mass is 10.1. The van der Waals surface area contributed by atoms with Gasteiger partial charge in [0.1, 0.15) is 5.69 Å². The van der Waals surface area contributed by atoms with Crippen molar-refractivity contribution in [1.82, 2.24) is 9.88 Å². The molecule has 112 valence electrons. The summed E-state index contributed by atoms with van der Waals surface area (Å²) in [5.74, 6) is -2.83. The van der Waals surface area contributed by atoms with E-state index in [4.69, 9.17) is 0 Å². The van der Waals surface area contributed by atoms with Gasteiger partial charge in [-0.25, -0.2) is 8.78 Å². The Bertz CT molecular complexity index is 668. The van der Waals surface area contributed by atoms with Crippen molar-refractivity contribution in [2.75, 3.05) is 13.1 Å². The summed E-state index contributed by atoms with van der Waals surface area (Å²) in [7, 11) is 0. The molecule has 1 aromatic heterocycles. The number of alkyl halides is 2. The Hall–Kier alpha value is -1.91. The number of carbonyl (C=O) groups excluding carboxylic acids is 1. The zero-order chi connectivity index (χ0) is 15.0. The molecule has 1 fully saturated rings. The number of hydrogen-bond donors (Lipinski definition) is 1. The first-order chi connectivity index (χ1) is 9.98. The van der Waals surface area contributed by atoms with Gasteiger partial charge in [0, 0.05) is 36.8 Å². The maximum absolute atomic E-state index is 13.1. The average Bonchev–Trinajstić information content (AvgIpc) is 2.89. The molecule has 0 saturated carbocycles. The highest BCUT2D eigenvalue weighted by molar-refractivity contribution is 5.98. The average molecular weight is 292 g/mol. The van der Waals surface area contributed by atoms with Crippen LogP contribution in [-0.4, -0.2) is 34.8 Å². The van der Waals surface area contributed by atoms with Crippen molar-refractivity contribution >= 4 is 16.8 Å². The number of benzene rings is 1. The number of nitrogens with one attached hydrogen (secondary N) is 1. The minimum absolute atomic E-state index is 0.113. The van der Waals surface area contributed by atoms with Gasteiger partial charge >= 0.3 is 0 Å². The molecule has 1 amide bonds. The highest BCUT2D eigenvalue weighted by Gasteiger charge is 2.36. The van der Waals surface area contributed by atoms with E-state index in [9.17, 15) is 13.6 Å². The van der Waals surface area contributed by atoms with Gasteiger partial charge in [0.2, 0.25) is 0 Å². The Kier molecular flexibility index (Phi) is 3.43. The van der Waals surface area contributed by atoms with E-state index in [2.05, 4.69) is 11.9 Å². The summed E-state index contributed by atoms with van der Waals surface area (Å²) >= 11 is 0. The number of rotatable bonds is 2. The van der Waals surface area contributed by atoms with Crippen molar-refractivity contribution < 1.29 is 13.6 Å². The van der Waals surface area contributed by atoms with E-state index in [1.165, 1.54) is 10.5 Å². The molecule has 0 aliphatic carbocycles. The fraction of sp³-hybridized carbons (Fsp3) is 0.438. The molecule has 0 bridgehead atoms. The first-order valence-corrected chi connectivity index (χ1v) is 7.27. The third-order valence-electron chi connectivity index (χ3n) is 4.11. The molecule has 1 N–H and O–H groups in total. The summed E-state index contributed by atoms with van der Waals surface area (Å²) in [5, 5.41) is 0.970. The molecular weight excluding hydrogens is 274 g/mol. The predicted molar refractivity (Wildman–Crippen MR) is 77.8 cm³/mol. The van der Waals surface area contributed by atoms with Gasteiger partial charge < -0.3 is 9.88 Å². The van der Waals surface area contributed by atoms with Gasteiger partial charge in [-0.3, -0.25) is 4.79 Å². The van der Waals surface area contributed by atoms with E-state index in [0.29, 0.717) is 5.69 Å². The summed E-state index contributed by atoms with van der Waals surface area (Å²) in [6.07, 6.45) is 0.428. The van der Waals surface area contributed by atoms with Crippen LogP contribution in [0.25, 0.3) is 10.9 Å². The van der Waals surface area contributed by atoms with E-state index in [0.717, 1.165) is 17.3 Å². The lowest BCUT2D eigenvalue weighted by Crippen LogP contribution is -2.42. The molecule has 0 unspecified atom stereocenters. The number of carbonyl (C=O) groups is 1. The molecule has 2 aromatic rings. The van der Waals surface area contributed by atoms with Crippen LogP contribution in [0.15, 0.2) is 24.3 Å². The van der Waals surface area contributed by atoms with E-state index < -0.39 is 5.92 Å². The largest absolute Gasteiger partial charge is 0.351 e. The second kappa shape index (κ2) is 5.13. The fourth-order valence-corrected chi connectivity index (χ4v) is 2.72. The van der Waals surface area contributed by atoms with Crippen molar-refractivity contribution in [2.45, 2.75) is 32.1 Å². The Morgan fingerprint density at radius 1 is 1.29 bits per heavy atom. The van der Waals surface area contributed by atoms with Crippen LogP contribution in [0, 0.1) is 0 Å². The topological polar surface area (TPSA) is 36.1 Å². The molecule has 0 atom stereocenters. The van der Waals surface area contributed by atoms with Crippen LogP contribution in [0.5, 0.6) is 0 Å². The first-order valence-electron chi connectivity index (χ1n) is 7.27. The van der Waals surface area contributed by atoms with E-state index in [1.54, 1.807) is 6.07 Å². The second-order valence-electron chi connectivity index (χ2n) is 5.61. The highest BCUT2D eigenvalue weighted by atomic mass is 19.3. The minimum Gasteiger partial charge on any atom is -0.351 e. The fourth-order valence-electron chi connectivity index (χ4n) is 2.72. The molecule has 1 aliphatic heterocycles. The van der Waals surface area contributed by atoms with Gasteiger partial charge in [-0.05, 0) is 24.1 Å². The molecule has 1 aliphatic rings. The van der Waals surface area contributed by atoms with Crippen LogP contribution >= 0.6 is 0 Å². The minimum atomic E-state index is -2.63. The number of likely N-dealkylation sites (tertiary alicyclic amines) is 1. The van der Waals surface area contributed by atoms with Crippen molar-refractivity contribution in [3.05, 3.63) is 35.5 Å². The van der Waals surface area contributed by atoms with Crippen LogP contribution in [0.3, 0.4) is 0 Å². The third-order valence-corrected chi connectivity index (χ3v) is 4.11. The number of aryl methyl sites for hydroxylation is 1. The van der Waals surface area contributed by atoms with Gasteiger partial charge in [-0.2, -0.15) is 0 Å². The van der Waals surface area contributed by atoms with Crippen molar-refractivity contribution in [2.24, 2.45) is 0 Å². The Morgan fingerprint density at radius 2 is 2.00 bits per heavy atom. The maximum atomic E-state index is 13.1. The molecule has 1 saturated heterocycles. The number of fused-ring (bicyclic) bond motifs is 1. The molecule has 2 heterocycles. The first kappa shape index (κ1) is 14.0. The van der Waals surface area contributed by atoms with Crippen LogP contribution in [-0.2, 0) is 6.42 Å². The van der Waals surface area contributed by atoms with E-state index >= 15 is 0 Å². The molecular formula is C16H18F2N2O. The third kappa shape index (κ3) is 2.77. The smallest absolute Gasteiger partial charge is 0.270 e. The van der Waals surface area contributed by atoms with Gasteiger partial charge in [0.05, 0.1) is 0 Å². The van der Waals surface area contributed by atoms with Gasteiger partial charge in [-0.1, -0.05) is 19.1 Å². The van der Waals surface area contributed by atoms with E-state index in [-0.39, 0.29) is 31.8 Å². The number of nitrogens with zero attached hydrogens (tertiary/aromatic N) is 1. The molecule has 5 heteroatoms. The van der Waals surface area contributed by atoms with Crippen LogP contribution < -0.4 is 0 Å². The number of piperidine rings is 1. The molecule has 21 heavy (non-hydrogen) atoms. The predicted octanol–water partition coefficient (Wildman–Crippen LogP) is 3.60. The zero-order valence-electron chi connectivity index (χ0n) is 12.0.